The Morgan fingerprint density at radius 3 is 1.69 bits per heavy atom. The highest BCUT2D eigenvalue weighted by Crippen LogP contribution is 2.62. The van der Waals surface area contributed by atoms with Crippen molar-refractivity contribution in [2.45, 2.75) is 35.8 Å². The lowest BCUT2D eigenvalue weighted by Crippen LogP contribution is -2.69. The quantitative estimate of drug-likeness (QED) is 0.247. The van der Waals surface area contributed by atoms with Crippen LogP contribution < -0.4 is 0 Å². The monoisotopic (exact) mass is 621 g/mol. The molecule has 0 aliphatic heterocycles. The average molecular weight is 622 g/mol. The number of aromatic nitrogens is 3. The Hall–Kier alpha value is -2.75. The summed E-state index contributed by atoms with van der Waals surface area (Å²) in [6, 6.07) is 6.26. The molecule has 0 bridgehead atoms. The van der Waals surface area contributed by atoms with E-state index in [0.29, 0.717) is 6.07 Å². The topological polar surface area (TPSA) is 30.7 Å². The zero-order valence-corrected chi connectivity index (χ0v) is 20.1. The molecule has 2 aromatic carbocycles. The van der Waals surface area contributed by atoms with Crippen molar-refractivity contribution in [1.82, 2.24) is 14.8 Å². The SMILES string of the molecule is Cn1nc(-c2ccccc2Cl)nc1-c1cc(C(F)(F)C(F)(F)C(F)(F)C(F)(F)C(F)(F)C(F)(F)F)ccc1Cl. The first kappa shape index (κ1) is 30.8. The van der Waals surface area contributed by atoms with E-state index in [0.717, 1.165) is 11.7 Å². The summed E-state index contributed by atoms with van der Waals surface area (Å²) in [7, 11) is 1.16. The van der Waals surface area contributed by atoms with Gasteiger partial charge in [-0.25, -0.2) is 9.67 Å². The van der Waals surface area contributed by atoms with E-state index in [1.54, 1.807) is 0 Å². The number of aryl methyl sites for hydroxylation is 1. The van der Waals surface area contributed by atoms with Gasteiger partial charge in [0.05, 0.1) is 10.0 Å². The van der Waals surface area contributed by atoms with Gasteiger partial charge >= 0.3 is 35.8 Å². The zero-order valence-electron chi connectivity index (χ0n) is 18.6. The summed E-state index contributed by atoms with van der Waals surface area (Å²) in [5.41, 5.74) is -2.70. The molecule has 0 radical (unpaired) electrons. The molecule has 18 heteroatoms. The second-order valence-corrected chi connectivity index (χ2v) is 8.74. The van der Waals surface area contributed by atoms with Crippen LogP contribution in [0.1, 0.15) is 5.56 Å². The van der Waals surface area contributed by atoms with E-state index in [-0.39, 0.29) is 28.5 Å². The number of hydrogen-bond donors (Lipinski definition) is 0. The third kappa shape index (κ3) is 4.58. The van der Waals surface area contributed by atoms with Gasteiger partial charge in [0.25, 0.3) is 0 Å². The predicted molar refractivity (Wildman–Crippen MR) is 112 cm³/mol. The molecule has 0 atom stereocenters. The lowest BCUT2D eigenvalue weighted by atomic mass is 9.90. The predicted octanol–water partition coefficient (Wildman–Crippen LogP) is 8.65. The minimum Gasteiger partial charge on any atom is -0.248 e. The molecule has 1 heterocycles. The van der Waals surface area contributed by atoms with Gasteiger partial charge < -0.3 is 0 Å². The van der Waals surface area contributed by atoms with E-state index in [1.165, 1.54) is 24.3 Å². The van der Waals surface area contributed by atoms with Crippen molar-refractivity contribution in [3.8, 4) is 22.8 Å². The smallest absolute Gasteiger partial charge is 0.248 e. The average Bonchev–Trinajstić information content (AvgIpc) is 3.19. The van der Waals surface area contributed by atoms with E-state index in [2.05, 4.69) is 10.1 Å². The van der Waals surface area contributed by atoms with E-state index in [9.17, 15) is 57.1 Å². The number of halogens is 15. The Balaban J connectivity index is 2.14. The summed E-state index contributed by atoms with van der Waals surface area (Å²) in [5, 5.41) is 3.52. The minimum atomic E-state index is -8.01. The van der Waals surface area contributed by atoms with Crippen LogP contribution in [0.3, 0.4) is 0 Å². The van der Waals surface area contributed by atoms with Crippen LogP contribution in [0, 0.1) is 0 Å². The Kier molecular flexibility index (Phi) is 7.44. The van der Waals surface area contributed by atoms with Crippen LogP contribution in [0.25, 0.3) is 22.8 Å². The normalized spacial score (nSPS) is 14.2. The molecule has 0 saturated heterocycles. The number of hydrogen-bond acceptors (Lipinski definition) is 2. The van der Waals surface area contributed by atoms with Gasteiger partial charge in [-0.1, -0.05) is 41.4 Å². The molecule has 0 unspecified atom stereocenters. The number of rotatable bonds is 7. The molecule has 3 rings (SSSR count). The van der Waals surface area contributed by atoms with E-state index in [1.807, 2.05) is 0 Å². The minimum absolute atomic E-state index is 0.00718. The van der Waals surface area contributed by atoms with Gasteiger partial charge in [0, 0.05) is 23.7 Å². The van der Waals surface area contributed by atoms with Gasteiger partial charge in [0.15, 0.2) is 11.6 Å². The maximum absolute atomic E-state index is 14.7. The Bertz CT molecular complexity index is 1380. The van der Waals surface area contributed by atoms with Crippen LogP contribution in [-0.2, 0) is 13.0 Å². The van der Waals surface area contributed by atoms with Crippen molar-refractivity contribution < 1.29 is 57.1 Å². The lowest BCUT2D eigenvalue weighted by molar-refractivity contribution is -0.441. The fraction of sp³-hybridized carbons (Fsp3) is 0.333. The standard InChI is InChI=1S/C21H10Cl2F13N3/c1-39-15(37-14(38-39)10-4-2-3-5-12(10)22)11-8-9(6-7-13(11)23)16(24,25)17(26,27)18(28,29)19(30,31)20(32,33)21(34,35)36/h2-8H,1H3. The molecular weight excluding hydrogens is 612 g/mol. The first-order valence-corrected chi connectivity index (χ1v) is 10.7. The molecule has 0 N–H and O–H groups in total. The second kappa shape index (κ2) is 9.42. The van der Waals surface area contributed by atoms with Gasteiger partial charge in [-0.05, 0) is 24.3 Å². The van der Waals surface area contributed by atoms with Gasteiger partial charge in [-0.3, -0.25) is 0 Å². The number of benzene rings is 2. The Morgan fingerprint density at radius 2 is 1.15 bits per heavy atom. The molecule has 0 fully saturated rings. The van der Waals surface area contributed by atoms with Crippen LogP contribution in [0.15, 0.2) is 42.5 Å². The lowest BCUT2D eigenvalue weighted by Gasteiger charge is -2.39. The number of nitrogens with zero attached hydrogens (tertiary/aromatic N) is 3. The largest absolute Gasteiger partial charge is 0.460 e. The molecule has 0 spiro atoms. The second-order valence-electron chi connectivity index (χ2n) is 7.93. The van der Waals surface area contributed by atoms with E-state index < -0.39 is 57.8 Å². The van der Waals surface area contributed by atoms with Crippen molar-refractivity contribution in [3.05, 3.63) is 58.1 Å². The first-order valence-electron chi connectivity index (χ1n) is 9.94. The van der Waals surface area contributed by atoms with Crippen molar-refractivity contribution in [1.29, 1.82) is 0 Å². The van der Waals surface area contributed by atoms with E-state index >= 15 is 0 Å². The maximum atomic E-state index is 14.7. The summed E-state index contributed by atoms with van der Waals surface area (Å²) in [5.74, 6) is -38.3. The maximum Gasteiger partial charge on any atom is 0.460 e. The summed E-state index contributed by atoms with van der Waals surface area (Å²) in [4.78, 5) is 3.96. The number of alkyl halides is 13. The molecule has 3 aromatic rings. The molecule has 0 aliphatic rings. The van der Waals surface area contributed by atoms with Crippen LogP contribution in [-0.4, -0.2) is 44.6 Å². The fourth-order valence-electron chi connectivity index (χ4n) is 3.22. The van der Waals surface area contributed by atoms with Gasteiger partial charge in [-0.15, -0.1) is 0 Å². The molecule has 39 heavy (non-hydrogen) atoms. The van der Waals surface area contributed by atoms with Crippen LogP contribution in [0.2, 0.25) is 10.0 Å². The van der Waals surface area contributed by atoms with Crippen LogP contribution >= 0.6 is 23.2 Å². The highest BCUT2D eigenvalue weighted by atomic mass is 35.5. The van der Waals surface area contributed by atoms with Crippen LogP contribution in [0.4, 0.5) is 57.1 Å². The van der Waals surface area contributed by atoms with Crippen molar-refractivity contribution in [3.63, 3.8) is 0 Å². The Labute approximate surface area is 219 Å². The summed E-state index contributed by atoms with van der Waals surface area (Å²) in [6.07, 6.45) is -7.50. The highest BCUT2D eigenvalue weighted by molar-refractivity contribution is 6.33. The zero-order chi connectivity index (χ0) is 30.0. The third-order valence-electron chi connectivity index (χ3n) is 5.38. The Morgan fingerprint density at radius 1 is 0.641 bits per heavy atom. The third-order valence-corrected chi connectivity index (χ3v) is 6.04. The van der Waals surface area contributed by atoms with E-state index in [4.69, 9.17) is 23.2 Å². The molecule has 0 aliphatic carbocycles. The molecule has 0 saturated carbocycles. The molecule has 3 nitrogen and oxygen atoms in total. The van der Waals surface area contributed by atoms with Crippen molar-refractivity contribution in [2.24, 2.45) is 7.05 Å². The van der Waals surface area contributed by atoms with Gasteiger partial charge in [0.2, 0.25) is 0 Å². The highest BCUT2D eigenvalue weighted by Gasteiger charge is 2.90. The first-order chi connectivity index (χ1) is 17.5. The molecular formula is C21H10Cl2F13N3. The van der Waals surface area contributed by atoms with Crippen molar-refractivity contribution in [2.75, 3.05) is 0 Å². The van der Waals surface area contributed by atoms with Crippen molar-refractivity contribution >= 4 is 23.2 Å². The molecule has 1 aromatic heterocycles. The summed E-state index contributed by atoms with van der Waals surface area (Å²) in [6.45, 7) is 0. The van der Waals surface area contributed by atoms with Gasteiger partial charge in [0.1, 0.15) is 0 Å². The summed E-state index contributed by atoms with van der Waals surface area (Å²) < 4.78 is 177. The van der Waals surface area contributed by atoms with Gasteiger partial charge in [-0.2, -0.15) is 62.2 Å². The molecule has 214 valence electrons. The fourth-order valence-corrected chi connectivity index (χ4v) is 3.64. The molecule has 0 amide bonds. The summed E-state index contributed by atoms with van der Waals surface area (Å²) >= 11 is 11.9. The van der Waals surface area contributed by atoms with Crippen LogP contribution in [0.5, 0.6) is 0 Å².